The number of hydrogen-bond donors (Lipinski definition) is 1. The summed E-state index contributed by atoms with van der Waals surface area (Å²) in [7, 11) is 1.62. The summed E-state index contributed by atoms with van der Waals surface area (Å²) in [5.74, 6) is 0.627. The summed E-state index contributed by atoms with van der Waals surface area (Å²) >= 11 is 0. The van der Waals surface area contributed by atoms with Crippen molar-refractivity contribution in [1.29, 1.82) is 0 Å². The van der Waals surface area contributed by atoms with Gasteiger partial charge in [-0.1, -0.05) is 30.3 Å². The van der Waals surface area contributed by atoms with Crippen molar-refractivity contribution >= 4 is 17.7 Å². The number of methoxy groups -OCH3 is 1. The lowest BCUT2D eigenvalue weighted by molar-refractivity contribution is -0.111. The summed E-state index contributed by atoms with van der Waals surface area (Å²) in [6.45, 7) is 1.93. The summed E-state index contributed by atoms with van der Waals surface area (Å²) in [4.78, 5) is 11.9. The van der Waals surface area contributed by atoms with Gasteiger partial charge in [0, 0.05) is 11.8 Å². The van der Waals surface area contributed by atoms with Crippen molar-refractivity contribution in [2.75, 3.05) is 12.4 Å². The molecular weight excluding hydrogens is 250 g/mol. The van der Waals surface area contributed by atoms with Crippen molar-refractivity contribution in [2.24, 2.45) is 0 Å². The first kappa shape index (κ1) is 13.9. The van der Waals surface area contributed by atoms with Crippen LogP contribution < -0.4 is 10.1 Å². The van der Waals surface area contributed by atoms with Crippen molar-refractivity contribution in [3.8, 4) is 5.75 Å². The Labute approximate surface area is 118 Å². The molecule has 0 saturated heterocycles. The van der Waals surface area contributed by atoms with Crippen LogP contribution in [0.3, 0.4) is 0 Å². The fourth-order valence-electron chi connectivity index (χ4n) is 1.81. The van der Waals surface area contributed by atoms with Crippen LogP contribution in [-0.2, 0) is 4.79 Å². The largest absolute Gasteiger partial charge is 0.497 e. The summed E-state index contributed by atoms with van der Waals surface area (Å²) in [5.41, 5.74) is 2.74. The highest BCUT2D eigenvalue weighted by atomic mass is 16.5. The van der Waals surface area contributed by atoms with Gasteiger partial charge in [0.15, 0.2) is 0 Å². The minimum atomic E-state index is -0.151. The zero-order valence-electron chi connectivity index (χ0n) is 11.6. The van der Waals surface area contributed by atoms with Crippen LogP contribution in [0.25, 0.3) is 6.08 Å². The molecule has 0 aliphatic carbocycles. The second kappa shape index (κ2) is 6.57. The van der Waals surface area contributed by atoms with Crippen molar-refractivity contribution in [3.05, 3.63) is 65.7 Å². The zero-order chi connectivity index (χ0) is 14.4. The Morgan fingerprint density at radius 1 is 1.15 bits per heavy atom. The van der Waals surface area contributed by atoms with E-state index in [9.17, 15) is 4.79 Å². The highest BCUT2D eigenvalue weighted by molar-refractivity contribution is 6.02. The van der Waals surface area contributed by atoms with Gasteiger partial charge in [0.05, 0.1) is 7.11 Å². The molecular formula is C17H17NO2. The summed E-state index contributed by atoms with van der Waals surface area (Å²) in [5, 5.41) is 2.85. The van der Waals surface area contributed by atoms with Crippen LogP contribution in [-0.4, -0.2) is 13.0 Å². The number of nitrogens with one attached hydrogen (secondary N) is 1. The molecule has 0 saturated carbocycles. The number of anilines is 1. The van der Waals surface area contributed by atoms with Crippen molar-refractivity contribution in [1.82, 2.24) is 0 Å². The second-order valence-electron chi connectivity index (χ2n) is 4.41. The minimum absolute atomic E-state index is 0.151. The molecule has 0 heterocycles. The Hall–Kier alpha value is -2.55. The molecule has 0 aliphatic heterocycles. The first-order chi connectivity index (χ1) is 9.69. The Morgan fingerprint density at radius 2 is 1.90 bits per heavy atom. The monoisotopic (exact) mass is 267 g/mol. The van der Waals surface area contributed by atoms with E-state index in [2.05, 4.69) is 5.32 Å². The SMILES string of the molecule is COc1ccc(NC(=O)C=Cc2ccccc2)c(C)c1. The molecule has 2 aromatic carbocycles. The molecule has 0 aliphatic rings. The van der Waals surface area contributed by atoms with E-state index in [4.69, 9.17) is 4.74 Å². The molecule has 0 radical (unpaired) electrons. The Bertz CT molecular complexity index is 618. The molecule has 0 fully saturated rings. The summed E-state index contributed by atoms with van der Waals surface area (Å²) in [6.07, 6.45) is 3.31. The quantitative estimate of drug-likeness (QED) is 0.859. The molecule has 3 nitrogen and oxygen atoms in total. The summed E-state index contributed by atoms with van der Waals surface area (Å²) in [6, 6.07) is 15.3. The van der Waals surface area contributed by atoms with E-state index in [0.29, 0.717) is 0 Å². The maximum Gasteiger partial charge on any atom is 0.248 e. The fraction of sp³-hybridized carbons (Fsp3) is 0.118. The van der Waals surface area contributed by atoms with Crippen molar-refractivity contribution in [3.63, 3.8) is 0 Å². The number of rotatable bonds is 4. The highest BCUT2D eigenvalue weighted by Crippen LogP contribution is 2.20. The normalized spacial score (nSPS) is 10.5. The molecule has 2 rings (SSSR count). The maximum atomic E-state index is 11.9. The lowest BCUT2D eigenvalue weighted by atomic mass is 10.2. The van der Waals surface area contributed by atoms with Crippen LogP contribution in [0.2, 0.25) is 0 Å². The van der Waals surface area contributed by atoms with Gasteiger partial charge in [-0.25, -0.2) is 0 Å². The smallest absolute Gasteiger partial charge is 0.248 e. The Morgan fingerprint density at radius 3 is 2.55 bits per heavy atom. The van der Waals surface area contributed by atoms with Gasteiger partial charge in [-0.2, -0.15) is 0 Å². The third kappa shape index (κ3) is 3.72. The van der Waals surface area contributed by atoms with E-state index in [1.165, 1.54) is 6.08 Å². The molecule has 3 heteroatoms. The molecule has 0 unspecified atom stereocenters. The van der Waals surface area contributed by atoms with E-state index >= 15 is 0 Å². The Balaban J connectivity index is 2.03. The first-order valence-corrected chi connectivity index (χ1v) is 6.38. The lowest BCUT2D eigenvalue weighted by Gasteiger charge is -2.08. The van der Waals surface area contributed by atoms with E-state index in [1.807, 2.05) is 55.5 Å². The maximum absolute atomic E-state index is 11.9. The topological polar surface area (TPSA) is 38.3 Å². The van der Waals surface area contributed by atoms with Gasteiger partial charge in [0.25, 0.3) is 0 Å². The minimum Gasteiger partial charge on any atom is -0.497 e. The average molecular weight is 267 g/mol. The third-order valence-electron chi connectivity index (χ3n) is 2.92. The predicted octanol–water partition coefficient (Wildman–Crippen LogP) is 3.66. The average Bonchev–Trinajstić information content (AvgIpc) is 2.48. The van der Waals surface area contributed by atoms with Crippen LogP contribution in [0, 0.1) is 6.92 Å². The van der Waals surface area contributed by atoms with Gasteiger partial charge in [-0.15, -0.1) is 0 Å². The number of benzene rings is 2. The molecule has 102 valence electrons. The number of carbonyl (C=O) groups excluding carboxylic acids is 1. The van der Waals surface area contributed by atoms with Crippen molar-refractivity contribution in [2.45, 2.75) is 6.92 Å². The number of ether oxygens (including phenoxy) is 1. The number of amides is 1. The van der Waals surface area contributed by atoms with Crippen LogP contribution in [0.5, 0.6) is 5.75 Å². The molecule has 20 heavy (non-hydrogen) atoms. The van der Waals surface area contributed by atoms with E-state index in [0.717, 1.165) is 22.6 Å². The van der Waals surface area contributed by atoms with Crippen LogP contribution in [0.15, 0.2) is 54.6 Å². The van der Waals surface area contributed by atoms with Gasteiger partial charge in [0.1, 0.15) is 5.75 Å². The van der Waals surface area contributed by atoms with E-state index < -0.39 is 0 Å². The van der Waals surface area contributed by atoms with Crippen LogP contribution in [0.1, 0.15) is 11.1 Å². The summed E-state index contributed by atoms with van der Waals surface area (Å²) < 4.78 is 5.13. The van der Waals surface area contributed by atoms with E-state index in [-0.39, 0.29) is 5.91 Å². The molecule has 0 aromatic heterocycles. The van der Waals surface area contributed by atoms with Crippen molar-refractivity contribution < 1.29 is 9.53 Å². The van der Waals surface area contributed by atoms with Gasteiger partial charge >= 0.3 is 0 Å². The van der Waals surface area contributed by atoms with Crippen LogP contribution in [0.4, 0.5) is 5.69 Å². The van der Waals surface area contributed by atoms with Gasteiger partial charge < -0.3 is 10.1 Å². The molecule has 2 aromatic rings. The molecule has 0 spiro atoms. The second-order valence-corrected chi connectivity index (χ2v) is 4.41. The molecule has 0 atom stereocenters. The third-order valence-corrected chi connectivity index (χ3v) is 2.92. The molecule has 0 bridgehead atoms. The number of aryl methyl sites for hydroxylation is 1. The predicted molar refractivity (Wildman–Crippen MR) is 81.8 cm³/mol. The molecule has 1 N–H and O–H groups in total. The Kier molecular flexibility index (Phi) is 4.56. The number of hydrogen-bond acceptors (Lipinski definition) is 2. The van der Waals surface area contributed by atoms with Crippen LogP contribution >= 0.6 is 0 Å². The lowest BCUT2D eigenvalue weighted by Crippen LogP contribution is -2.08. The zero-order valence-corrected chi connectivity index (χ0v) is 11.6. The fourth-order valence-corrected chi connectivity index (χ4v) is 1.81. The molecule has 1 amide bonds. The van der Waals surface area contributed by atoms with E-state index in [1.54, 1.807) is 13.2 Å². The van der Waals surface area contributed by atoms with Gasteiger partial charge in [0.2, 0.25) is 5.91 Å². The number of carbonyl (C=O) groups is 1. The standard InChI is InChI=1S/C17H17NO2/c1-13-12-15(20-2)9-10-16(13)18-17(19)11-8-14-6-4-3-5-7-14/h3-12H,1-2H3,(H,18,19). The van der Waals surface area contributed by atoms with Gasteiger partial charge in [-0.05, 0) is 42.3 Å². The first-order valence-electron chi connectivity index (χ1n) is 6.38. The highest BCUT2D eigenvalue weighted by Gasteiger charge is 2.02. The van der Waals surface area contributed by atoms with Gasteiger partial charge in [-0.3, -0.25) is 4.79 Å².